The predicted molar refractivity (Wildman–Crippen MR) is 65.8 cm³/mol. The molecule has 0 heterocycles. The first-order valence-electron chi connectivity index (χ1n) is 6.30. The first-order valence-corrected chi connectivity index (χ1v) is 6.30. The van der Waals surface area contributed by atoms with Crippen LogP contribution in [0.2, 0.25) is 0 Å². The Morgan fingerprint density at radius 1 is 1.13 bits per heavy atom. The van der Waals surface area contributed by atoms with Gasteiger partial charge < -0.3 is 16.2 Å². The molecule has 0 rings (SSSR count). The molecule has 0 aliphatic heterocycles. The third kappa shape index (κ3) is 5.50. The summed E-state index contributed by atoms with van der Waals surface area (Å²) in [7, 11) is 0. The molecule has 0 bridgehead atoms. The molecule has 0 fully saturated rings. The van der Waals surface area contributed by atoms with Gasteiger partial charge in [0.1, 0.15) is 0 Å². The molecule has 0 saturated carbocycles. The van der Waals surface area contributed by atoms with Crippen molar-refractivity contribution < 1.29 is 5.11 Å². The normalized spacial score (nSPS) is 15.6. The number of hydrogen-bond acceptors (Lipinski definition) is 3. The summed E-state index contributed by atoms with van der Waals surface area (Å²) in [5.41, 5.74) is 5.80. The van der Waals surface area contributed by atoms with Crippen LogP contribution in [0.4, 0.5) is 0 Å². The van der Waals surface area contributed by atoms with Gasteiger partial charge in [0.15, 0.2) is 0 Å². The van der Waals surface area contributed by atoms with E-state index in [4.69, 9.17) is 10.8 Å². The molecule has 0 aromatic rings. The molecule has 3 nitrogen and oxygen atoms in total. The number of hydrogen-bond donors (Lipinski definition) is 3. The molecule has 0 aromatic heterocycles. The van der Waals surface area contributed by atoms with Crippen LogP contribution in [0, 0.1) is 5.92 Å². The molecule has 0 spiro atoms. The third-order valence-electron chi connectivity index (χ3n) is 3.29. The van der Waals surface area contributed by atoms with Crippen molar-refractivity contribution >= 4 is 0 Å². The fourth-order valence-electron chi connectivity index (χ4n) is 2.12. The van der Waals surface area contributed by atoms with E-state index in [1.165, 1.54) is 12.8 Å². The molecule has 2 atom stereocenters. The minimum Gasteiger partial charge on any atom is -0.396 e. The van der Waals surface area contributed by atoms with E-state index in [1.807, 2.05) is 0 Å². The van der Waals surface area contributed by atoms with E-state index >= 15 is 0 Å². The Morgan fingerprint density at radius 2 is 1.73 bits per heavy atom. The lowest BCUT2D eigenvalue weighted by Crippen LogP contribution is -2.47. The van der Waals surface area contributed by atoms with Gasteiger partial charge in [-0.2, -0.15) is 0 Å². The second kappa shape index (κ2) is 9.13. The van der Waals surface area contributed by atoms with Gasteiger partial charge >= 0.3 is 0 Å². The highest BCUT2D eigenvalue weighted by Gasteiger charge is 2.19. The lowest BCUT2D eigenvalue weighted by atomic mass is 9.93. The van der Waals surface area contributed by atoms with E-state index in [1.54, 1.807) is 0 Å². The number of rotatable bonds is 9. The van der Waals surface area contributed by atoms with Gasteiger partial charge in [-0.05, 0) is 18.8 Å². The zero-order valence-electron chi connectivity index (χ0n) is 10.5. The van der Waals surface area contributed by atoms with Crippen LogP contribution in [-0.2, 0) is 0 Å². The van der Waals surface area contributed by atoms with Gasteiger partial charge in [0.2, 0.25) is 0 Å². The third-order valence-corrected chi connectivity index (χ3v) is 3.29. The molecule has 0 aliphatic rings. The summed E-state index contributed by atoms with van der Waals surface area (Å²) in [6.07, 6.45) is 4.21. The Morgan fingerprint density at radius 3 is 2.07 bits per heavy atom. The molecule has 3 heteroatoms. The smallest absolute Gasteiger partial charge is 0.0445 e. The Labute approximate surface area is 94.4 Å². The van der Waals surface area contributed by atoms with Crippen molar-refractivity contribution in [2.75, 3.05) is 13.2 Å². The zero-order chi connectivity index (χ0) is 11.7. The molecule has 15 heavy (non-hydrogen) atoms. The summed E-state index contributed by atoms with van der Waals surface area (Å²) >= 11 is 0. The highest BCUT2D eigenvalue weighted by Crippen LogP contribution is 2.14. The Kier molecular flexibility index (Phi) is 9.06. The highest BCUT2D eigenvalue weighted by atomic mass is 16.3. The van der Waals surface area contributed by atoms with Crippen molar-refractivity contribution in [1.82, 2.24) is 5.32 Å². The monoisotopic (exact) mass is 216 g/mol. The van der Waals surface area contributed by atoms with Gasteiger partial charge in [-0.1, -0.05) is 33.6 Å². The number of nitrogens with two attached hydrogens (primary N) is 1. The molecular formula is C12H28N2O. The van der Waals surface area contributed by atoms with Crippen LogP contribution in [0.3, 0.4) is 0 Å². The quantitative estimate of drug-likeness (QED) is 0.547. The van der Waals surface area contributed by atoms with Crippen LogP contribution in [0.25, 0.3) is 0 Å². The van der Waals surface area contributed by atoms with Crippen molar-refractivity contribution in [2.45, 2.75) is 58.5 Å². The van der Waals surface area contributed by atoms with Crippen molar-refractivity contribution in [3.63, 3.8) is 0 Å². The highest BCUT2D eigenvalue weighted by molar-refractivity contribution is 4.79. The SMILES string of the molecule is CCC(CCO)NC(CN)C(CC)CC. The molecule has 0 aliphatic carbocycles. The number of aliphatic hydroxyl groups excluding tert-OH is 1. The maximum atomic E-state index is 8.94. The van der Waals surface area contributed by atoms with Gasteiger partial charge in [-0.15, -0.1) is 0 Å². The molecule has 0 amide bonds. The Hall–Kier alpha value is -0.120. The van der Waals surface area contributed by atoms with Crippen LogP contribution >= 0.6 is 0 Å². The van der Waals surface area contributed by atoms with E-state index in [9.17, 15) is 0 Å². The Bertz CT molecular complexity index is 138. The standard InChI is InChI=1S/C12H28N2O/c1-4-10(5-2)12(9-13)14-11(6-3)7-8-15/h10-12,14-15H,4-9,13H2,1-3H3. The minimum absolute atomic E-state index is 0.256. The lowest BCUT2D eigenvalue weighted by Gasteiger charge is -2.29. The van der Waals surface area contributed by atoms with E-state index in [2.05, 4.69) is 26.1 Å². The van der Waals surface area contributed by atoms with Crippen molar-refractivity contribution in [3.8, 4) is 0 Å². The van der Waals surface area contributed by atoms with Gasteiger partial charge in [0.05, 0.1) is 0 Å². The fourth-order valence-corrected chi connectivity index (χ4v) is 2.12. The van der Waals surface area contributed by atoms with E-state index in [0.29, 0.717) is 24.5 Å². The summed E-state index contributed by atoms with van der Waals surface area (Å²) in [6.45, 7) is 7.52. The maximum absolute atomic E-state index is 8.94. The second-order valence-corrected chi connectivity index (χ2v) is 4.20. The van der Waals surface area contributed by atoms with Crippen LogP contribution in [-0.4, -0.2) is 30.3 Å². The second-order valence-electron chi connectivity index (χ2n) is 4.20. The van der Waals surface area contributed by atoms with E-state index in [0.717, 1.165) is 12.8 Å². The van der Waals surface area contributed by atoms with E-state index < -0.39 is 0 Å². The largest absolute Gasteiger partial charge is 0.396 e. The maximum Gasteiger partial charge on any atom is 0.0445 e. The van der Waals surface area contributed by atoms with Crippen molar-refractivity contribution in [1.29, 1.82) is 0 Å². The van der Waals surface area contributed by atoms with Gasteiger partial charge in [-0.25, -0.2) is 0 Å². The summed E-state index contributed by atoms with van der Waals surface area (Å²) in [6, 6.07) is 0.806. The fraction of sp³-hybridized carbons (Fsp3) is 1.00. The molecule has 92 valence electrons. The first kappa shape index (κ1) is 14.9. The minimum atomic E-state index is 0.256. The average molecular weight is 216 g/mol. The van der Waals surface area contributed by atoms with Crippen LogP contribution in [0.5, 0.6) is 0 Å². The first-order chi connectivity index (χ1) is 7.23. The van der Waals surface area contributed by atoms with Gasteiger partial charge in [-0.3, -0.25) is 0 Å². The predicted octanol–water partition coefficient (Wildman–Crippen LogP) is 1.50. The summed E-state index contributed by atoms with van der Waals surface area (Å²) < 4.78 is 0. The number of aliphatic hydroxyl groups is 1. The average Bonchev–Trinajstić information content (AvgIpc) is 2.27. The summed E-state index contributed by atoms with van der Waals surface area (Å²) in [4.78, 5) is 0. The van der Waals surface area contributed by atoms with Gasteiger partial charge in [0, 0.05) is 25.2 Å². The summed E-state index contributed by atoms with van der Waals surface area (Å²) in [5.74, 6) is 0.655. The van der Waals surface area contributed by atoms with E-state index in [-0.39, 0.29) is 6.61 Å². The number of nitrogens with one attached hydrogen (secondary N) is 1. The van der Waals surface area contributed by atoms with Crippen LogP contribution in [0.1, 0.15) is 46.5 Å². The van der Waals surface area contributed by atoms with Crippen molar-refractivity contribution in [3.05, 3.63) is 0 Å². The zero-order valence-corrected chi connectivity index (χ0v) is 10.5. The topological polar surface area (TPSA) is 58.3 Å². The Balaban J connectivity index is 4.14. The molecule has 0 saturated heterocycles. The molecule has 0 radical (unpaired) electrons. The van der Waals surface area contributed by atoms with Crippen LogP contribution in [0.15, 0.2) is 0 Å². The molecular weight excluding hydrogens is 188 g/mol. The van der Waals surface area contributed by atoms with Crippen molar-refractivity contribution in [2.24, 2.45) is 11.7 Å². The van der Waals surface area contributed by atoms with Gasteiger partial charge in [0.25, 0.3) is 0 Å². The lowest BCUT2D eigenvalue weighted by molar-refractivity contribution is 0.238. The molecule has 2 unspecified atom stereocenters. The van der Waals surface area contributed by atoms with Crippen LogP contribution < -0.4 is 11.1 Å². The molecule has 0 aromatic carbocycles. The molecule has 4 N–H and O–H groups in total. The summed E-state index contributed by atoms with van der Waals surface area (Å²) in [5, 5.41) is 12.5.